The fraction of sp³-hybridized carbons (Fsp3) is 0.556. The van der Waals surface area contributed by atoms with Gasteiger partial charge in [0, 0.05) is 17.5 Å². The van der Waals surface area contributed by atoms with Gasteiger partial charge in [0.2, 0.25) is 0 Å². The van der Waals surface area contributed by atoms with Crippen LogP contribution in [-0.2, 0) is 6.42 Å². The standard InChI is InChI=1S/C9H9F3N2OS/c10-9(11,12)4-1-6-5(7(15)2-4)3-13-8(16)14-6/h3-4,7,15H,1-2H2,(H,13,14,16)/t4-,7-/m0/s1. The van der Waals surface area contributed by atoms with Crippen LogP contribution < -0.4 is 0 Å². The molecule has 2 rings (SSSR count). The van der Waals surface area contributed by atoms with Crippen LogP contribution in [0, 0.1) is 10.7 Å². The normalized spacial score (nSPS) is 25.2. The highest BCUT2D eigenvalue weighted by atomic mass is 32.1. The van der Waals surface area contributed by atoms with Gasteiger partial charge < -0.3 is 10.1 Å². The molecule has 0 saturated heterocycles. The lowest BCUT2D eigenvalue weighted by Gasteiger charge is -2.29. The van der Waals surface area contributed by atoms with Crippen molar-refractivity contribution in [2.45, 2.75) is 25.1 Å². The van der Waals surface area contributed by atoms with Gasteiger partial charge in [0.25, 0.3) is 0 Å². The monoisotopic (exact) mass is 250 g/mol. The number of alkyl halides is 3. The summed E-state index contributed by atoms with van der Waals surface area (Å²) in [7, 11) is 0. The van der Waals surface area contributed by atoms with Crippen LogP contribution in [0.1, 0.15) is 23.8 Å². The van der Waals surface area contributed by atoms with E-state index in [4.69, 9.17) is 12.2 Å². The van der Waals surface area contributed by atoms with Crippen molar-refractivity contribution in [1.29, 1.82) is 0 Å². The van der Waals surface area contributed by atoms with Crippen LogP contribution in [-0.4, -0.2) is 21.3 Å². The third kappa shape index (κ3) is 2.10. The van der Waals surface area contributed by atoms with E-state index < -0.39 is 18.2 Å². The molecule has 1 aromatic rings. The zero-order chi connectivity index (χ0) is 11.9. The molecular weight excluding hydrogens is 241 g/mol. The molecule has 2 atom stereocenters. The lowest BCUT2D eigenvalue weighted by molar-refractivity contribution is -0.184. The molecule has 0 unspecified atom stereocenters. The summed E-state index contributed by atoms with van der Waals surface area (Å²) in [4.78, 5) is 6.35. The van der Waals surface area contributed by atoms with Gasteiger partial charge in [-0.05, 0) is 25.1 Å². The number of aliphatic hydroxyl groups excluding tert-OH is 1. The molecule has 0 aliphatic heterocycles. The number of nitrogens with one attached hydrogen (secondary N) is 1. The van der Waals surface area contributed by atoms with Crippen molar-refractivity contribution < 1.29 is 18.3 Å². The van der Waals surface area contributed by atoms with E-state index in [1.807, 2.05) is 0 Å². The molecule has 0 aromatic carbocycles. The number of rotatable bonds is 0. The number of nitrogens with zero attached hydrogens (tertiary/aromatic N) is 1. The van der Waals surface area contributed by atoms with Crippen LogP contribution in [0.4, 0.5) is 13.2 Å². The first-order valence-corrected chi connectivity index (χ1v) is 5.11. The lowest BCUT2D eigenvalue weighted by Crippen LogP contribution is -2.31. The predicted octanol–water partition coefficient (Wildman–Crippen LogP) is 2.30. The molecule has 7 heteroatoms. The van der Waals surface area contributed by atoms with E-state index in [1.165, 1.54) is 6.20 Å². The van der Waals surface area contributed by atoms with Gasteiger partial charge in [0.1, 0.15) is 0 Å². The Bertz CT molecular complexity index is 457. The number of halogens is 3. The molecule has 2 N–H and O–H groups in total. The highest BCUT2D eigenvalue weighted by Gasteiger charge is 2.43. The van der Waals surface area contributed by atoms with Crippen molar-refractivity contribution in [2.75, 3.05) is 0 Å². The van der Waals surface area contributed by atoms with Crippen molar-refractivity contribution >= 4 is 12.2 Å². The number of aromatic nitrogens is 2. The molecule has 0 radical (unpaired) electrons. The van der Waals surface area contributed by atoms with Gasteiger partial charge in [-0.1, -0.05) is 0 Å². The average Bonchev–Trinajstić information content (AvgIpc) is 2.15. The summed E-state index contributed by atoms with van der Waals surface area (Å²) in [6, 6.07) is 0. The molecule has 3 nitrogen and oxygen atoms in total. The van der Waals surface area contributed by atoms with Gasteiger partial charge in [0.15, 0.2) is 4.77 Å². The average molecular weight is 250 g/mol. The van der Waals surface area contributed by atoms with E-state index in [-0.39, 0.29) is 17.6 Å². The van der Waals surface area contributed by atoms with Crippen LogP contribution in [0.5, 0.6) is 0 Å². The minimum absolute atomic E-state index is 0.133. The highest BCUT2D eigenvalue weighted by molar-refractivity contribution is 7.71. The van der Waals surface area contributed by atoms with Crippen LogP contribution in [0.15, 0.2) is 6.20 Å². The number of H-pyrrole nitrogens is 1. The van der Waals surface area contributed by atoms with E-state index in [1.54, 1.807) is 0 Å². The third-order valence-electron chi connectivity index (χ3n) is 2.71. The molecule has 0 spiro atoms. The molecule has 1 aliphatic carbocycles. The first kappa shape index (κ1) is 11.5. The van der Waals surface area contributed by atoms with E-state index in [0.717, 1.165) is 0 Å². The maximum absolute atomic E-state index is 12.5. The Morgan fingerprint density at radius 1 is 1.50 bits per heavy atom. The fourth-order valence-electron chi connectivity index (χ4n) is 1.87. The largest absolute Gasteiger partial charge is 0.392 e. The molecule has 1 heterocycles. The minimum atomic E-state index is -4.29. The number of fused-ring (bicyclic) bond motifs is 1. The zero-order valence-electron chi connectivity index (χ0n) is 8.08. The SMILES string of the molecule is O[C@H]1C[C@@H](C(F)(F)F)Cc2[nH]c(=S)ncc21. The summed E-state index contributed by atoms with van der Waals surface area (Å²) in [5.41, 5.74) is 0.746. The van der Waals surface area contributed by atoms with Crippen LogP contribution >= 0.6 is 12.2 Å². The molecule has 1 aliphatic rings. The van der Waals surface area contributed by atoms with Crippen molar-refractivity contribution in [3.05, 3.63) is 22.2 Å². The van der Waals surface area contributed by atoms with Gasteiger partial charge in [-0.15, -0.1) is 0 Å². The molecular formula is C9H9F3N2OS. The number of hydrogen-bond donors (Lipinski definition) is 2. The van der Waals surface area contributed by atoms with E-state index in [0.29, 0.717) is 11.3 Å². The quantitative estimate of drug-likeness (QED) is 0.694. The van der Waals surface area contributed by atoms with Crippen LogP contribution in [0.25, 0.3) is 0 Å². The molecule has 0 amide bonds. The Kier molecular flexibility index (Phi) is 2.75. The summed E-state index contributed by atoms with van der Waals surface area (Å²) in [6.45, 7) is 0. The molecule has 88 valence electrons. The van der Waals surface area contributed by atoms with E-state index in [2.05, 4.69) is 9.97 Å². The Balaban J connectivity index is 2.38. The van der Waals surface area contributed by atoms with Crippen molar-refractivity contribution in [1.82, 2.24) is 9.97 Å². The number of aromatic amines is 1. The summed E-state index contributed by atoms with van der Waals surface area (Å²) >= 11 is 4.74. The molecule has 0 bridgehead atoms. The second-order valence-electron chi connectivity index (χ2n) is 3.82. The highest BCUT2D eigenvalue weighted by Crippen LogP contribution is 2.40. The molecule has 16 heavy (non-hydrogen) atoms. The summed E-state index contributed by atoms with van der Waals surface area (Å²) in [5.74, 6) is -1.52. The number of aliphatic hydroxyl groups is 1. The second kappa shape index (κ2) is 3.81. The van der Waals surface area contributed by atoms with Crippen LogP contribution in [0.3, 0.4) is 0 Å². The van der Waals surface area contributed by atoms with Gasteiger partial charge in [-0.3, -0.25) is 0 Å². The molecule has 0 saturated carbocycles. The Morgan fingerprint density at radius 2 is 2.19 bits per heavy atom. The Hall–Kier alpha value is -0.950. The predicted molar refractivity (Wildman–Crippen MR) is 52.2 cm³/mol. The third-order valence-corrected chi connectivity index (χ3v) is 2.91. The van der Waals surface area contributed by atoms with Gasteiger partial charge >= 0.3 is 6.18 Å². The first-order valence-electron chi connectivity index (χ1n) is 4.71. The van der Waals surface area contributed by atoms with Crippen molar-refractivity contribution in [3.63, 3.8) is 0 Å². The second-order valence-corrected chi connectivity index (χ2v) is 4.20. The summed E-state index contributed by atoms with van der Waals surface area (Å²) in [6.07, 6.45) is -4.58. The maximum Gasteiger partial charge on any atom is 0.392 e. The fourth-order valence-corrected chi connectivity index (χ4v) is 2.05. The number of hydrogen-bond acceptors (Lipinski definition) is 3. The first-order chi connectivity index (χ1) is 7.38. The molecule has 1 aromatic heterocycles. The van der Waals surface area contributed by atoms with Crippen molar-refractivity contribution in [3.8, 4) is 0 Å². The summed E-state index contributed by atoms with van der Waals surface area (Å²) < 4.78 is 37.8. The topological polar surface area (TPSA) is 48.9 Å². The van der Waals surface area contributed by atoms with E-state index >= 15 is 0 Å². The van der Waals surface area contributed by atoms with E-state index in [9.17, 15) is 18.3 Å². The van der Waals surface area contributed by atoms with Gasteiger partial charge in [-0.25, -0.2) is 4.98 Å². The van der Waals surface area contributed by atoms with Crippen LogP contribution in [0.2, 0.25) is 0 Å². The Labute approximate surface area is 94.3 Å². The zero-order valence-corrected chi connectivity index (χ0v) is 8.90. The molecule has 0 fully saturated rings. The smallest absolute Gasteiger partial charge is 0.388 e. The minimum Gasteiger partial charge on any atom is -0.388 e. The lowest BCUT2D eigenvalue weighted by atomic mass is 9.85. The Morgan fingerprint density at radius 3 is 2.81 bits per heavy atom. The van der Waals surface area contributed by atoms with Gasteiger partial charge in [0.05, 0.1) is 12.0 Å². The maximum atomic E-state index is 12.5. The van der Waals surface area contributed by atoms with Crippen molar-refractivity contribution in [2.24, 2.45) is 5.92 Å². The van der Waals surface area contributed by atoms with Gasteiger partial charge in [-0.2, -0.15) is 13.2 Å². The summed E-state index contributed by atoms with van der Waals surface area (Å²) in [5, 5.41) is 9.59.